The van der Waals surface area contributed by atoms with Crippen LogP contribution in [-0.4, -0.2) is 17.6 Å². The van der Waals surface area contributed by atoms with E-state index in [9.17, 15) is 14.3 Å². The van der Waals surface area contributed by atoms with Crippen LogP contribution in [0.25, 0.3) is 0 Å². The van der Waals surface area contributed by atoms with E-state index >= 15 is 0 Å². The highest BCUT2D eigenvalue weighted by Gasteiger charge is 2.28. The molecule has 1 heterocycles. The second kappa shape index (κ2) is 5.69. The summed E-state index contributed by atoms with van der Waals surface area (Å²) in [6, 6.07) is 6.98. The van der Waals surface area contributed by atoms with Crippen molar-refractivity contribution in [2.45, 2.75) is 26.4 Å². The summed E-state index contributed by atoms with van der Waals surface area (Å²) in [5, 5.41) is 13.1. The molecule has 112 valence electrons. The van der Waals surface area contributed by atoms with Gasteiger partial charge in [0.25, 0.3) is 5.91 Å². The second-order valence-electron chi connectivity index (χ2n) is 5.29. The molecule has 1 unspecified atom stereocenters. The molecule has 1 atom stereocenters. The third-order valence-corrected chi connectivity index (χ3v) is 3.32. The first-order valence-corrected chi connectivity index (χ1v) is 6.63. The van der Waals surface area contributed by atoms with Crippen LogP contribution in [-0.2, 0) is 5.60 Å². The predicted octanol–water partition coefficient (Wildman–Crippen LogP) is 2.67. The summed E-state index contributed by atoms with van der Waals surface area (Å²) in [7, 11) is 0. The molecule has 2 aromatic rings. The van der Waals surface area contributed by atoms with Gasteiger partial charge in [-0.1, -0.05) is 0 Å². The normalized spacial score (nSPS) is 13.8. The first-order chi connectivity index (χ1) is 9.79. The van der Waals surface area contributed by atoms with Crippen LogP contribution in [0.3, 0.4) is 0 Å². The topological polar surface area (TPSA) is 62.5 Å². The smallest absolute Gasteiger partial charge is 0.251 e. The SMILES string of the molecule is Cc1cc(C(C)(O)CNC(=O)c2ccc(F)cc2)c(C)o1. The van der Waals surface area contributed by atoms with Crippen molar-refractivity contribution < 1.29 is 18.7 Å². The van der Waals surface area contributed by atoms with Gasteiger partial charge in [-0.3, -0.25) is 4.79 Å². The molecule has 5 heteroatoms. The van der Waals surface area contributed by atoms with Crippen LogP contribution in [0.2, 0.25) is 0 Å². The maximum absolute atomic E-state index is 12.8. The van der Waals surface area contributed by atoms with Crippen molar-refractivity contribution >= 4 is 5.91 Å². The van der Waals surface area contributed by atoms with Gasteiger partial charge >= 0.3 is 0 Å². The molecule has 1 amide bonds. The van der Waals surface area contributed by atoms with E-state index in [1.54, 1.807) is 26.8 Å². The molecule has 0 saturated heterocycles. The molecule has 0 bridgehead atoms. The fourth-order valence-corrected chi connectivity index (χ4v) is 2.22. The molecule has 4 nitrogen and oxygen atoms in total. The van der Waals surface area contributed by atoms with Gasteiger partial charge in [0.1, 0.15) is 22.9 Å². The number of hydrogen-bond acceptors (Lipinski definition) is 3. The Hall–Kier alpha value is -2.14. The monoisotopic (exact) mass is 291 g/mol. The minimum absolute atomic E-state index is 0.0308. The van der Waals surface area contributed by atoms with E-state index in [1.807, 2.05) is 0 Å². The average Bonchev–Trinajstić information content (AvgIpc) is 2.77. The van der Waals surface area contributed by atoms with Crippen LogP contribution in [0.1, 0.15) is 34.4 Å². The number of benzene rings is 1. The number of hydrogen-bond donors (Lipinski definition) is 2. The number of carbonyl (C=O) groups excluding carboxylic acids is 1. The van der Waals surface area contributed by atoms with Crippen LogP contribution in [0.4, 0.5) is 4.39 Å². The van der Waals surface area contributed by atoms with E-state index in [1.165, 1.54) is 24.3 Å². The zero-order chi connectivity index (χ0) is 15.6. The minimum Gasteiger partial charge on any atom is -0.466 e. The summed E-state index contributed by atoms with van der Waals surface area (Å²) < 4.78 is 18.2. The van der Waals surface area contributed by atoms with Crippen LogP contribution in [0, 0.1) is 19.7 Å². The molecule has 2 N–H and O–H groups in total. The average molecular weight is 291 g/mol. The zero-order valence-electron chi connectivity index (χ0n) is 12.2. The second-order valence-corrected chi connectivity index (χ2v) is 5.29. The van der Waals surface area contributed by atoms with Crippen molar-refractivity contribution in [3.05, 3.63) is 58.8 Å². The third-order valence-electron chi connectivity index (χ3n) is 3.32. The maximum Gasteiger partial charge on any atom is 0.251 e. The quantitative estimate of drug-likeness (QED) is 0.910. The Labute approximate surface area is 122 Å². The predicted molar refractivity (Wildman–Crippen MR) is 76.5 cm³/mol. The molecule has 0 radical (unpaired) electrons. The lowest BCUT2D eigenvalue weighted by Crippen LogP contribution is -2.38. The van der Waals surface area contributed by atoms with Crippen LogP contribution in [0.5, 0.6) is 0 Å². The molecular formula is C16H18FNO3. The Morgan fingerprint density at radius 3 is 2.48 bits per heavy atom. The molecule has 1 aromatic heterocycles. The summed E-state index contributed by atoms with van der Waals surface area (Å²) in [5.41, 5.74) is -0.260. The Balaban J connectivity index is 2.06. The standard InChI is InChI=1S/C16H18FNO3/c1-10-8-14(11(2)21-10)16(3,20)9-18-15(19)12-4-6-13(17)7-5-12/h4-8,20H,9H2,1-3H3,(H,18,19). The Bertz CT molecular complexity index is 644. The van der Waals surface area contributed by atoms with Gasteiger partial charge in [0.2, 0.25) is 0 Å². The number of rotatable bonds is 4. The van der Waals surface area contributed by atoms with Crippen molar-refractivity contribution in [3.63, 3.8) is 0 Å². The maximum atomic E-state index is 12.8. The number of aryl methyl sites for hydroxylation is 2. The molecule has 0 saturated carbocycles. The van der Waals surface area contributed by atoms with Crippen LogP contribution >= 0.6 is 0 Å². The first kappa shape index (κ1) is 15.3. The van der Waals surface area contributed by atoms with Crippen molar-refractivity contribution in [1.82, 2.24) is 5.32 Å². The van der Waals surface area contributed by atoms with Gasteiger partial charge < -0.3 is 14.8 Å². The zero-order valence-corrected chi connectivity index (χ0v) is 12.2. The number of carbonyl (C=O) groups is 1. The van der Waals surface area contributed by atoms with Crippen molar-refractivity contribution in [2.75, 3.05) is 6.54 Å². The fourth-order valence-electron chi connectivity index (χ4n) is 2.22. The summed E-state index contributed by atoms with van der Waals surface area (Å²) in [5.74, 6) is 0.553. The van der Waals surface area contributed by atoms with Gasteiger partial charge in [-0.15, -0.1) is 0 Å². The Morgan fingerprint density at radius 1 is 1.33 bits per heavy atom. The number of aliphatic hydroxyl groups is 1. The van der Waals surface area contributed by atoms with Crippen LogP contribution in [0.15, 0.2) is 34.7 Å². The number of halogens is 1. The number of furan rings is 1. The lowest BCUT2D eigenvalue weighted by Gasteiger charge is -2.23. The lowest BCUT2D eigenvalue weighted by molar-refractivity contribution is 0.0514. The van der Waals surface area contributed by atoms with E-state index in [2.05, 4.69) is 5.32 Å². The fraction of sp³-hybridized carbons (Fsp3) is 0.312. The molecule has 2 rings (SSSR count). The van der Waals surface area contributed by atoms with E-state index in [0.29, 0.717) is 22.6 Å². The summed E-state index contributed by atoms with van der Waals surface area (Å²) in [6.07, 6.45) is 0. The van der Waals surface area contributed by atoms with E-state index in [-0.39, 0.29) is 12.5 Å². The highest BCUT2D eigenvalue weighted by Crippen LogP contribution is 2.26. The molecule has 0 aliphatic carbocycles. The number of amides is 1. The molecule has 0 aliphatic heterocycles. The Morgan fingerprint density at radius 2 is 1.95 bits per heavy atom. The molecule has 21 heavy (non-hydrogen) atoms. The summed E-state index contributed by atoms with van der Waals surface area (Å²) in [6.45, 7) is 5.19. The van der Waals surface area contributed by atoms with Crippen molar-refractivity contribution in [1.29, 1.82) is 0 Å². The highest BCUT2D eigenvalue weighted by atomic mass is 19.1. The first-order valence-electron chi connectivity index (χ1n) is 6.63. The van der Waals surface area contributed by atoms with Gasteiger partial charge in [0, 0.05) is 11.1 Å². The van der Waals surface area contributed by atoms with Crippen molar-refractivity contribution in [2.24, 2.45) is 0 Å². The third kappa shape index (κ3) is 3.49. The summed E-state index contributed by atoms with van der Waals surface area (Å²) >= 11 is 0. The van der Waals surface area contributed by atoms with Gasteiger partial charge in [0.15, 0.2) is 0 Å². The van der Waals surface area contributed by atoms with Crippen LogP contribution < -0.4 is 5.32 Å². The van der Waals surface area contributed by atoms with Crippen molar-refractivity contribution in [3.8, 4) is 0 Å². The minimum atomic E-state index is -1.24. The van der Waals surface area contributed by atoms with E-state index in [0.717, 1.165) is 0 Å². The molecular weight excluding hydrogens is 273 g/mol. The Kier molecular flexibility index (Phi) is 4.14. The number of nitrogens with one attached hydrogen (secondary N) is 1. The molecule has 1 aromatic carbocycles. The molecule has 0 spiro atoms. The van der Waals surface area contributed by atoms with Gasteiger partial charge in [0.05, 0.1) is 6.54 Å². The summed E-state index contributed by atoms with van der Waals surface area (Å²) in [4.78, 5) is 12.0. The van der Waals surface area contributed by atoms with Gasteiger partial charge in [-0.25, -0.2) is 4.39 Å². The highest BCUT2D eigenvalue weighted by molar-refractivity contribution is 5.94. The van der Waals surface area contributed by atoms with Gasteiger partial charge in [-0.2, -0.15) is 0 Å². The van der Waals surface area contributed by atoms with E-state index < -0.39 is 11.4 Å². The van der Waals surface area contributed by atoms with E-state index in [4.69, 9.17) is 4.42 Å². The molecule has 0 fully saturated rings. The molecule has 0 aliphatic rings. The van der Waals surface area contributed by atoms with Gasteiger partial charge in [-0.05, 0) is 51.1 Å². The lowest BCUT2D eigenvalue weighted by atomic mass is 9.96. The largest absolute Gasteiger partial charge is 0.466 e.